The number of nitrogens with zero attached hydrogens (tertiary/aromatic N) is 1. The van der Waals surface area contributed by atoms with E-state index in [1.165, 1.54) is 14.2 Å². The molecule has 7 heteroatoms. The quantitative estimate of drug-likeness (QED) is 0.217. The molecule has 4 rings (SSSR count). The first-order chi connectivity index (χ1) is 15.6. The lowest BCUT2D eigenvalue weighted by atomic mass is 9.97. The topological polar surface area (TPSA) is 89.0 Å². The van der Waals surface area contributed by atoms with E-state index in [0.29, 0.717) is 17.2 Å². The number of hydrogen-bond donors (Lipinski definition) is 2. The van der Waals surface area contributed by atoms with Crippen molar-refractivity contribution in [2.75, 3.05) is 19.5 Å². The van der Waals surface area contributed by atoms with Gasteiger partial charge in [0.05, 0.1) is 26.1 Å². The first-order valence-corrected chi connectivity index (χ1v) is 9.87. The van der Waals surface area contributed by atoms with Gasteiger partial charge in [0.25, 0.3) is 0 Å². The highest BCUT2D eigenvalue weighted by molar-refractivity contribution is 6.39. The maximum atomic E-state index is 12.4. The van der Waals surface area contributed by atoms with Gasteiger partial charge in [-0.05, 0) is 39.7 Å². The molecule has 0 spiro atoms. The molecular weight excluding hydrogens is 406 g/mol. The largest absolute Gasteiger partial charge is 0.497 e. The molecule has 0 saturated carbocycles. The first kappa shape index (κ1) is 20.9. The van der Waals surface area contributed by atoms with Gasteiger partial charge in [-0.15, -0.1) is 0 Å². The van der Waals surface area contributed by atoms with Crippen molar-refractivity contribution in [1.82, 2.24) is 5.43 Å². The van der Waals surface area contributed by atoms with Crippen LogP contribution in [0.2, 0.25) is 0 Å². The molecule has 0 aliphatic rings. The number of hydrazone groups is 1. The Kier molecular flexibility index (Phi) is 5.98. The van der Waals surface area contributed by atoms with E-state index >= 15 is 0 Å². The lowest BCUT2D eigenvalue weighted by Crippen LogP contribution is -2.32. The van der Waals surface area contributed by atoms with Crippen molar-refractivity contribution in [1.29, 1.82) is 0 Å². The number of hydrogen-bond acceptors (Lipinski definition) is 5. The van der Waals surface area contributed by atoms with Crippen molar-refractivity contribution in [3.63, 3.8) is 0 Å². The van der Waals surface area contributed by atoms with Gasteiger partial charge in [-0.2, -0.15) is 5.10 Å². The summed E-state index contributed by atoms with van der Waals surface area (Å²) in [6, 6.07) is 22.9. The van der Waals surface area contributed by atoms with Crippen LogP contribution >= 0.6 is 0 Å². The molecule has 0 aliphatic heterocycles. The third-order valence-electron chi connectivity index (χ3n) is 5.03. The maximum absolute atomic E-state index is 12.4. The summed E-state index contributed by atoms with van der Waals surface area (Å²) in [5, 5.41) is 10.7. The van der Waals surface area contributed by atoms with Gasteiger partial charge in [0.1, 0.15) is 11.5 Å². The molecule has 2 amide bonds. The monoisotopic (exact) mass is 427 g/mol. The number of carbonyl (C=O) groups excluding carboxylic acids is 2. The van der Waals surface area contributed by atoms with Crippen LogP contribution in [-0.4, -0.2) is 32.2 Å². The Morgan fingerprint density at radius 1 is 0.812 bits per heavy atom. The number of rotatable bonds is 5. The number of benzene rings is 4. The Morgan fingerprint density at radius 3 is 2.09 bits per heavy atom. The van der Waals surface area contributed by atoms with Gasteiger partial charge in [-0.1, -0.05) is 48.5 Å². The summed E-state index contributed by atoms with van der Waals surface area (Å²) in [4.78, 5) is 24.7. The molecule has 160 valence electrons. The molecule has 7 nitrogen and oxygen atoms in total. The Labute approximate surface area is 184 Å². The lowest BCUT2D eigenvalue weighted by Gasteiger charge is -2.11. The molecule has 32 heavy (non-hydrogen) atoms. The van der Waals surface area contributed by atoms with Gasteiger partial charge in [0.15, 0.2) is 0 Å². The molecule has 0 bridgehead atoms. The highest BCUT2D eigenvalue weighted by atomic mass is 16.5. The third-order valence-corrected chi connectivity index (χ3v) is 5.03. The number of nitrogens with one attached hydrogen (secondary N) is 2. The van der Waals surface area contributed by atoms with Gasteiger partial charge >= 0.3 is 11.8 Å². The minimum Gasteiger partial charge on any atom is -0.497 e. The Morgan fingerprint density at radius 2 is 1.47 bits per heavy atom. The molecule has 0 atom stereocenters. The van der Waals surface area contributed by atoms with Gasteiger partial charge in [-0.3, -0.25) is 9.59 Å². The number of methoxy groups -OCH3 is 2. The molecular formula is C25H21N3O4. The Balaban J connectivity index is 1.55. The fourth-order valence-corrected chi connectivity index (χ4v) is 3.49. The number of ether oxygens (including phenoxy) is 2. The van der Waals surface area contributed by atoms with Crippen LogP contribution in [-0.2, 0) is 9.59 Å². The zero-order chi connectivity index (χ0) is 22.5. The van der Waals surface area contributed by atoms with E-state index in [1.807, 2.05) is 48.5 Å². The summed E-state index contributed by atoms with van der Waals surface area (Å²) >= 11 is 0. The van der Waals surface area contributed by atoms with Gasteiger partial charge in [-0.25, -0.2) is 5.43 Å². The van der Waals surface area contributed by atoms with Crippen LogP contribution < -0.4 is 20.2 Å². The average Bonchev–Trinajstić information content (AvgIpc) is 2.83. The third kappa shape index (κ3) is 4.22. The standard InChI is InChI=1S/C25H21N3O4/c1-31-18-11-12-23(32-2)22(14-18)27-24(29)25(30)28-26-15-21-19-9-5-3-7-16(19)13-17-8-4-6-10-20(17)21/h3-15H,1-2H3,(H,27,29)(H,28,30)/b26-15+. The summed E-state index contributed by atoms with van der Waals surface area (Å²) in [5.74, 6) is -0.868. The van der Waals surface area contributed by atoms with Gasteiger partial charge in [0.2, 0.25) is 0 Å². The normalized spacial score (nSPS) is 10.9. The minimum atomic E-state index is -0.907. The van der Waals surface area contributed by atoms with E-state index in [2.05, 4.69) is 21.9 Å². The number of amides is 2. The SMILES string of the molecule is COc1ccc(OC)c(NC(=O)C(=O)N/N=C/c2c3ccccc3cc3ccccc23)c1. The van der Waals surface area contributed by atoms with Crippen LogP contribution in [0.5, 0.6) is 11.5 Å². The van der Waals surface area contributed by atoms with Crippen molar-refractivity contribution in [3.05, 3.63) is 78.4 Å². The van der Waals surface area contributed by atoms with Gasteiger partial charge in [0, 0.05) is 11.6 Å². The van der Waals surface area contributed by atoms with Crippen LogP contribution in [0.3, 0.4) is 0 Å². The molecule has 0 aliphatic carbocycles. The van der Waals surface area contributed by atoms with Crippen LogP contribution in [0.1, 0.15) is 5.56 Å². The summed E-state index contributed by atoms with van der Waals surface area (Å²) in [6.07, 6.45) is 1.56. The number of anilines is 1. The van der Waals surface area contributed by atoms with Crippen molar-refractivity contribution >= 4 is 45.3 Å². The second-order valence-electron chi connectivity index (χ2n) is 6.95. The second-order valence-corrected chi connectivity index (χ2v) is 6.95. The smallest absolute Gasteiger partial charge is 0.329 e. The molecule has 0 fully saturated rings. The average molecular weight is 427 g/mol. The van der Waals surface area contributed by atoms with Crippen molar-refractivity contribution in [3.8, 4) is 11.5 Å². The molecule has 2 N–H and O–H groups in total. The highest BCUT2D eigenvalue weighted by Gasteiger charge is 2.16. The van der Waals surface area contributed by atoms with Crippen LogP contribution in [0.25, 0.3) is 21.5 Å². The highest BCUT2D eigenvalue weighted by Crippen LogP contribution is 2.29. The van der Waals surface area contributed by atoms with Gasteiger partial charge < -0.3 is 14.8 Å². The molecule has 0 saturated heterocycles. The van der Waals surface area contributed by atoms with E-state index in [9.17, 15) is 9.59 Å². The minimum absolute atomic E-state index is 0.316. The van der Waals surface area contributed by atoms with Crippen molar-refractivity contribution in [2.45, 2.75) is 0 Å². The number of fused-ring (bicyclic) bond motifs is 2. The zero-order valence-electron chi connectivity index (χ0n) is 17.6. The predicted octanol–water partition coefficient (Wildman–Crippen LogP) is 4.10. The summed E-state index contributed by atoms with van der Waals surface area (Å²) < 4.78 is 10.4. The fraction of sp³-hybridized carbons (Fsp3) is 0.0800. The predicted molar refractivity (Wildman–Crippen MR) is 125 cm³/mol. The summed E-state index contributed by atoms with van der Waals surface area (Å²) in [6.45, 7) is 0. The molecule has 4 aromatic carbocycles. The van der Waals surface area contributed by atoms with E-state index in [-0.39, 0.29) is 0 Å². The lowest BCUT2D eigenvalue weighted by molar-refractivity contribution is -0.136. The first-order valence-electron chi connectivity index (χ1n) is 9.87. The van der Waals surface area contributed by atoms with Crippen LogP contribution in [0.4, 0.5) is 5.69 Å². The van der Waals surface area contributed by atoms with E-state index < -0.39 is 11.8 Å². The molecule has 0 unspecified atom stereocenters. The Hall–Kier alpha value is -4.39. The molecule has 0 radical (unpaired) electrons. The second kappa shape index (κ2) is 9.18. The van der Waals surface area contributed by atoms with Crippen molar-refractivity contribution < 1.29 is 19.1 Å². The number of carbonyl (C=O) groups is 2. The summed E-state index contributed by atoms with van der Waals surface area (Å²) in [7, 11) is 2.97. The zero-order valence-corrected chi connectivity index (χ0v) is 17.6. The molecule has 4 aromatic rings. The van der Waals surface area contributed by atoms with Crippen LogP contribution in [0.15, 0.2) is 77.9 Å². The molecule has 0 aromatic heterocycles. The summed E-state index contributed by atoms with van der Waals surface area (Å²) in [5.41, 5.74) is 3.46. The fourth-order valence-electron chi connectivity index (χ4n) is 3.49. The Bertz CT molecular complexity index is 1290. The van der Waals surface area contributed by atoms with Crippen LogP contribution in [0, 0.1) is 0 Å². The van der Waals surface area contributed by atoms with E-state index in [0.717, 1.165) is 27.1 Å². The van der Waals surface area contributed by atoms with Crippen molar-refractivity contribution in [2.24, 2.45) is 5.10 Å². The van der Waals surface area contributed by atoms with E-state index in [4.69, 9.17) is 9.47 Å². The van der Waals surface area contributed by atoms with E-state index in [1.54, 1.807) is 24.4 Å². The maximum Gasteiger partial charge on any atom is 0.329 e. The molecule has 0 heterocycles.